The first-order valence-corrected chi connectivity index (χ1v) is 9.32. The fourth-order valence-corrected chi connectivity index (χ4v) is 3.93. The second-order valence-corrected chi connectivity index (χ2v) is 6.97. The molecule has 0 aromatic carbocycles. The average Bonchev–Trinajstić information content (AvgIpc) is 3.33. The molecule has 7 heteroatoms. The van der Waals surface area contributed by atoms with Crippen LogP contribution in [0.3, 0.4) is 0 Å². The zero-order valence-corrected chi connectivity index (χ0v) is 15.6. The number of hydrogen-bond acceptors (Lipinski definition) is 5. The van der Waals surface area contributed by atoms with E-state index in [4.69, 9.17) is 4.74 Å². The van der Waals surface area contributed by atoms with Crippen molar-refractivity contribution in [3.8, 4) is 0 Å². The molecule has 4 heterocycles. The molecule has 3 aromatic heterocycles. The second-order valence-electron chi connectivity index (χ2n) is 6.97. The van der Waals surface area contributed by atoms with E-state index < -0.39 is 0 Å². The molecule has 7 nitrogen and oxygen atoms in total. The van der Waals surface area contributed by atoms with Gasteiger partial charge in [0.05, 0.1) is 17.6 Å². The Bertz CT molecular complexity index is 899. The molecular formula is C19H26N6O. The molecule has 2 atom stereocenters. The Morgan fingerprint density at radius 2 is 2.23 bits per heavy atom. The van der Waals surface area contributed by atoms with Gasteiger partial charge in [0, 0.05) is 49.7 Å². The summed E-state index contributed by atoms with van der Waals surface area (Å²) in [6, 6.07) is 4.17. The van der Waals surface area contributed by atoms with Crippen molar-refractivity contribution in [2.45, 2.75) is 46.4 Å². The van der Waals surface area contributed by atoms with E-state index in [0.29, 0.717) is 5.92 Å². The molecule has 1 N–H and O–H groups in total. The molecule has 138 valence electrons. The van der Waals surface area contributed by atoms with Gasteiger partial charge in [-0.1, -0.05) is 0 Å². The number of nitrogens with one attached hydrogen (secondary N) is 1. The Morgan fingerprint density at radius 1 is 1.35 bits per heavy atom. The maximum Gasteiger partial charge on any atom is 0.234 e. The third-order valence-electron chi connectivity index (χ3n) is 5.13. The van der Waals surface area contributed by atoms with Gasteiger partial charge in [0.2, 0.25) is 5.78 Å². The minimum absolute atomic E-state index is 0.123. The molecule has 3 aromatic rings. The van der Waals surface area contributed by atoms with Crippen LogP contribution in [-0.2, 0) is 17.8 Å². The van der Waals surface area contributed by atoms with Crippen molar-refractivity contribution in [1.82, 2.24) is 29.5 Å². The highest BCUT2D eigenvalue weighted by atomic mass is 16.5. The lowest BCUT2D eigenvalue weighted by Gasteiger charge is -2.20. The van der Waals surface area contributed by atoms with E-state index in [-0.39, 0.29) is 6.10 Å². The topological polar surface area (TPSA) is 69.3 Å². The van der Waals surface area contributed by atoms with Crippen molar-refractivity contribution in [3.63, 3.8) is 0 Å². The van der Waals surface area contributed by atoms with Crippen molar-refractivity contribution >= 4 is 5.78 Å². The lowest BCUT2D eigenvalue weighted by molar-refractivity contribution is 0.0829. The van der Waals surface area contributed by atoms with Gasteiger partial charge in [0.1, 0.15) is 6.10 Å². The molecule has 4 rings (SSSR count). The number of nitrogens with zero attached hydrogens (tertiary/aromatic N) is 5. The second kappa shape index (κ2) is 7.17. The van der Waals surface area contributed by atoms with Gasteiger partial charge in [-0.15, -0.1) is 0 Å². The van der Waals surface area contributed by atoms with E-state index in [2.05, 4.69) is 50.8 Å². The van der Waals surface area contributed by atoms with Crippen LogP contribution in [0.4, 0.5) is 0 Å². The average molecular weight is 354 g/mol. The molecule has 0 spiro atoms. The number of imidazole rings is 1. The molecule has 0 amide bonds. The predicted molar refractivity (Wildman–Crippen MR) is 98.9 cm³/mol. The molecule has 26 heavy (non-hydrogen) atoms. The van der Waals surface area contributed by atoms with Crippen LogP contribution in [0.2, 0.25) is 0 Å². The summed E-state index contributed by atoms with van der Waals surface area (Å²) in [5.74, 6) is 1.23. The van der Waals surface area contributed by atoms with Gasteiger partial charge in [0.15, 0.2) is 0 Å². The predicted octanol–water partition coefficient (Wildman–Crippen LogP) is 2.43. The molecule has 1 aliphatic rings. The zero-order valence-electron chi connectivity index (χ0n) is 15.6. The number of rotatable bonds is 6. The van der Waals surface area contributed by atoms with Gasteiger partial charge in [-0.2, -0.15) is 5.10 Å². The van der Waals surface area contributed by atoms with E-state index in [9.17, 15) is 0 Å². The summed E-state index contributed by atoms with van der Waals surface area (Å²) in [5.41, 5.74) is 4.48. The molecule has 0 bridgehead atoms. The Hall–Kier alpha value is -2.25. The molecule has 1 fully saturated rings. The Kier molecular flexibility index (Phi) is 4.74. The van der Waals surface area contributed by atoms with Gasteiger partial charge in [-0.05, 0) is 39.3 Å². The first-order valence-electron chi connectivity index (χ1n) is 9.32. The maximum absolute atomic E-state index is 6.01. The number of aromatic nitrogens is 5. The van der Waals surface area contributed by atoms with Crippen LogP contribution in [0.5, 0.6) is 0 Å². The van der Waals surface area contributed by atoms with Crippen LogP contribution in [0.15, 0.2) is 24.5 Å². The minimum Gasteiger partial charge on any atom is -0.372 e. The summed E-state index contributed by atoms with van der Waals surface area (Å²) < 4.78 is 10.2. The van der Waals surface area contributed by atoms with Crippen LogP contribution >= 0.6 is 0 Å². The summed E-state index contributed by atoms with van der Waals surface area (Å²) in [5, 5.41) is 7.98. The first-order chi connectivity index (χ1) is 12.7. The van der Waals surface area contributed by atoms with Gasteiger partial charge in [-0.25, -0.2) is 9.97 Å². The highest BCUT2D eigenvalue weighted by Crippen LogP contribution is 2.34. The van der Waals surface area contributed by atoms with Crippen molar-refractivity contribution < 1.29 is 4.74 Å². The molecule has 0 unspecified atom stereocenters. The molecule has 0 aliphatic carbocycles. The molecular weight excluding hydrogens is 328 g/mol. The van der Waals surface area contributed by atoms with Gasteiger partial charge < -0.3 is 10.1 Å². The van der Waals surface area contributed by atoms with Crippen molar-refractivity contribution in [1.29, 1.82) is 0 Å². The van der Waals surface area contributed by atoms with E-state index in [1.165, 1.54) is 5.69 Å². The Labute approximate surface area is 153 Å². The van der Waals surface area contributed by atoms with Crippen molar-refractivity contribution in [2.75, 3.05) is 13.2 Å². The largest absolute Gasteiger partial charge is 0.372 e. The van der Waals surface area contributed by atoms with E-state index in [1.54, 1.807) is 0 Å². The smallest absolute Gasteiger partial charge is 0.234 e. The number of ether oxygens (including phenoxy) is 1. The number of fused-ring (bicyclic) bond motifs is 1. The lowest BCUT2D eigenvalue weighted by Crippen LogP contribution is -2.26. The lowest BCUT2D eigenvalue weighted by atomic mass is 9.99. The van der Waals surface area contributed by atoms with E-state index in [1.807, 2.05) is 24.0 Å². The molecule has 1 saturated heterocycles. The summed E-state index contributed by atoms with van der Waals surface area (Å²) in [6.45, 7) is 9.57. The SMILES string of the molecule is CCn1nccc1[C@@H]1OCC[C@H]1CNCc1cnc2nc(C)cc(C)n12. The third-order valence-corrected chi connectivity index (χ3v) is 5.13. The minimum atomic E-state index is 0.123. The van der Waals surface area contributed by atoms with Crippen LogP contribution in [0.1, 0.15) is 42.2 Å². The van der Waals surface area contributed by atoms with Gasteiger partial charge in [-0.3, -0.25) is 9.08 Å². The molecule has 0 saturated carbocycles. The van der Waals surface area contributed by atoms with Crippen LogP contribution in [-0.4, -0.2) is 37.3 Å². The standard InChI is InChI=1S/C19H26N6O/c1-4-24-17(5-7-22-24)18-15(6-8-26-18)10-20-11-16-12-21-19-23-13(2)9-14(3)25(16)19/h5,7,9,12,15,18,20H,4,6,8,10-11H2,1-3H3/t15-,18+/m0/s1. The summed E-state index contributed by atoms with van der Waals surface area (Å²) in [6.07, 6.45) is 4.97. The summed E-state index contributed by atoms with van der Waals surface area (Å²) in [4.78, 5) is 8.95. The monoisotopic (exact) mass is 354 g/mol. The van der Waals surface area contributed by atoms with Crippen LogP contribution in [0.25, 0.3) is 5.78 Å². The summed E-state index contributed by atoms with van der Waals surface area (Å²) in [7, 11) is 0. The maximum atomic E-state index is 6.01. The highest BCUT2D eigenvalue weighted by molar-refractivity contribution is 5.35. The number of hydrogen-bond donors (Lipinski definition) is 1. The van der Waals surface area contributed by atoms with Gasteiger partial charge in [0.25, 0.3) is 0 Å². The van der Waals surface area contributed by atoms with Crippen LogP contribution < -0.4 is 5.32 Å². The van der Waals surface area contributed by atoms with E-state index in [0.717, 1.165) is 55.5 Å². The third kappa shape index (κ3) is 3.12. The first kappa shape index (κ1) is 17.2. The Balaban J connectivity index is 1.43. The Morgan fingerprint density at radius 3 is 3.08 bits per heavy atom. The normalized spacial score (nSPS) is 20.3. The van der Waals surface area contributed by atoms with Crippen molar-refractivity contribution in [3.05, 3.63) is 47.3 Å². The highest BCUT2D eigenvalue weighted by Gasteiger charge is 2.31. The zero-order chi connectivity index (χ0) is 18.1. The van der Waals surface area contributed by atoms with Crippen LogP contribution in [0, 0.1) is 19.8 Å². The van der Waals surface area contributed by atoms with Gasteiger partial charge >= 0.3 is 0 Å². The fraction of sp³-hybridized carbons (Fsp3) is 0.526. The number of aryl methyl sites for hydroxylation is 3. The molecule has 1 aliphatic heterocycles. The van der Waals surface area contributed by atoms with E-state index >= 15 is 0 Å². The fourth-order valence-electron chi connectivity index (χ4n) is 3.93. The molecule has 0 radical (unpaired) electrons. The quantitative estimate of drug-likeness (QED) is 0.736. The van der Waals surface area contributed by atoms with Crippen molar-refractivity contribution in [2.24, 2.45) is 5.92 Å². The summed E-state index contributed by atoms with van der Waals surface area (Å²) >= 11 is 0.